The number of hydrogen-bond donors (Lipinski definition) is 2. The van der Waals surface area contributed by atoms with Gasteiger partial charge in [0, 0.05) is 41.3 Å². The predicted molar refractivity (Wildman–Crippen MR) is 122 cm³/mol. The number of carbonyl (C=O) groups is 1. The number of aromatic nitrogens is 5. The molecule has 0 spiro atoms. The zero-order valence-electron chi connectivity index (χ0n) is 17.7. The van der Waals surface area contributed by atoms with Crippen LogP contribution >= 0.6 is 11.8 Å². The van der Waals surface area contributed by atoms with Crippen molar-refractivity contribution in [3.05, 3.63) is 89.3 Å². The van der Waals surface area contributed by atoms with E-state index in [2.05, 4.69) is 25.1 Å². The van der Waals surface area contributed by atoms with Gasteiger partial charge in [0.1, 0.15) is 12.1 Å². The van der Waals surface area contributed by atoms with Crippen LogP contribution in [0.1, 0.15) is 52.6 Å². The first-order chi connectivity index (χ1) is 15.6. The highest BCUT2D eigenvalue weighted by molar-refractivity contribution is 7.98. The molecule has 5 rings (SSSR count). The minimum absolute atomic E-state index is 0.195. The molecule has 0 radical (unpaired) electrons. The van der Waals surface area contributed by atoms with E-state index in [1.54, 1.807) is 24.2 Å². The molecule has 2 heterocycles. The number of ketones is 1. The number of hydrogen-bond acceptors (Lipinski definition) is 6. The molecule has 2 N–H and O–H groups in total. The molecule has 0 unspecified atom stereocenters. The molecule has 1 aliphatic rings. The molecular weight excluding hydrogens is 422 g/mol. The topological polar surface area (TPSA) is 96.6 Å². The minimum Gasteiger partial charge on any atom is -0.475 e. The van der Waals surface area contributed by atoms with Gasteiger partial charge in [0.25, 0.3) is 0 Å². The Labute approximate surface area is 190 Å². The second-order valence-electron chi connectivity index (χ2n) is 7.86. The summed E-state index contributed by atoms with van der Waals surface area (Å²) in [5, 5.41) is 7.56. The van der Waals surface area contributed by atoms with Gasteiger partial charge in [0.05, 0.1) is 0 Å². The lowest BCUT2D eigenvalue weighted by Gasteiger charge is -2.32. The molecule has 0 fully saturated rings. The van der Waals surface area contributed by atoms with E-state index in [4.69, 9.17) is 4.74 Å². The molecule has 0 saturated carbocycles. The predicted octanol–water partition coefficient (Wildman–Crippen LogP) is 4.68. The van der Waals surface area contributed by atoms with Crippen molar-refractivity contribution >= 4 is 17.5 Å². The molecule has 162 valence electrons. The van der Waals surface area contributed by atoms with E-state index in [1.807, 2.05) is 49.4 Å². The summed E-state index contributed by atoms with van der Waals surface area (Å²) < 4.78 is 6.77. The lowest BCUT2D eigenvalue weighted by Crippen LogP contribution is -2.33. The number of H-pyrrole nitrogens is 2. The first-order valence-electron chi connectivity index (χ1n) is 10.6. The van der Waals surface area contributed by atoms with Crippen LogP contribution in [0.5, 0.6) is 5.75 Å². The maximum Gasteiger partial charge on any atom is 0.188 e. The molecule has 8 heteroatoms. The number of ether oxygens (including phenoxy) is 1. The van der Waals surface area contributed by atoms with E-state index in [1.165, 1.54) is 6.33 Å². The Balaban J connectivity index is 1.59. The average Bonchev–Trinajstić information content (AvgIpc) is 3.54. The summed E-state index contributed by atoms with van der Waals surface area (Å²) in [7, 11) is 0. The monoisotopic (exact) mass is 445 g/mol. The summed E-state index contributed by atoms with van der Waals surface area (Å²) in [6.45, 7) is 2.01. The van der Waals surface area contributed by atoms with E-state index in [0.717, 1.165) is 46.0 Å². The normalized spacial score (nSPS) is 15.2. The number of carbonyl (C=O) groups excluding carboxylic acids is 1. The Morgan fingerprint density at radius 3 is 2.75 bits per heavy atom. The molecule has 2 aromatic heterocycles. The van der Waals surface area contributed by atoms with Gasteiger partial charge in [0.15, 0.2) is 22.4 Å². The Bertz CT molecular complexity index is 1210. The third-order valence-corrected chi connectivity index (χ3v) is 6.76. The summed E-state index contributed by atoms with van der Waals surface area (Å²) in [4.78, 5) is 24.5. The molecule has 0 aliphatic heterocycles. The van der Waals surface area contributed by atoms with E-state index >= 15 is 0 Å². The van der Waals surface area contributed by atoms with Crippen LogP contribution in [0.2, 0.25) is 0 Å². The van der Waals surface area contributed by atoms with Crippen molar-refractivity contribution in [2.75, 3.05) is 0 Å². The molecular formula is C24H23N5O2S. The second-order valence-corrected chi connectivity index (χ2v) is 8.83. The Kier molecular flexibility index (Phi) is 5.53. The van der Waals surface area contributed by atoms with Crippen molar-refractivity contribution in [1.29, 1.82) is 0 Å². The SMILES string of the molecule is C[C@](Oc1ccc2c(c1CSc1ncn[nH]1)CCCC2=O)(c1ccccc1)c1ncc[nH]1. The smallest absolute Gasteiger partial charge is 0.188 e. The summed E-state index contributed by atoms with van der Waals surface area (Å²) in [5.74, 6) is 2.27. The van der Waals surface area contributed by atoms with Gasteiger partial charge in [0.2, 0.25) is 0 Å². The molecule has 2 aromatic carbocycles. The first kappa shape index (κ1) is 20.5. The maximum absolute atomic E-state index is 12.6. The molecule has 7 nitrogen and oxygen atoms in total. The number of fused-ring (bicyclic) bond motifs is 1. The van der Waals surface area contributed by atoms with E-state index in [-0.39, 0.29) is 5.78 Å². The lowest BCUT2D eigenvalue weighted by atomic mass is 9.87. The second kappa shape index (κ2) is 8.63. The van der Waals surface area contributed by atoms with Crippen LogP contribution in [-0.2, 0) is 17.8 Å². The van der Waals surface area contributed by atoms with E-state index in [9.17, 15) is 4.79 Å². The summed E-state index contributed by atoms with van der Waals surface area (Å²) >= 11 is 1.54. The largest absolute Gasteiger partial charge is 0.475 e. The van der Waals surface area contributed by atoms with Crippen LogP contribution in [0.15, 0.2) is 66.3 Å². The molecule has 4 aromatic rings. The van der Waals surface area contributed by atoms with E-state index < -0.39 is 5.60 Å². The van der Waals surface area contributed by atoms with Crippen molar-refractivity contribution in [2.45, 2.75) is 42.7 Å². The Hall–Kier alpha value is -3.39. The van der Waals surface area contributed by atoms with Gasteiger partial charge in [-0.3, -0.25) is 9.89 Å². The number of nitrogens with zero attached hydrogens (tertiary/aromatic N) is 3. The fraction of sp³-hybridized carbons (Fsp3) is 0.250. The maximum atomic E-state index is 12.6. The van der Waals surface area contributed by atoms with Gasteiger partial charge in [-0.1, -0.05) is 42.1 Å². The minimum atomic E-state index is -0.830. The number of benzene rings is 2. The average molecular weight is 446 g/mol. The van der Waals surface area contributed by atoms with Crippen molar-refractivity contribution in [2.24, 2.45) is 0 Å². The number of nitrogens with one attached hydrogen (secondary N) is 2. The standard InChI is InChI=1S/C24H23N5O2S/c1-24(22-25-12-13-26-22,16-6-3-2-4-7-16)31-21-11-10-18-17(8-5-9-20(18)30)19(21)14-32-23-27-15-28-29-23/h2-4,6-7,10-13,15H,5,8-9,14H2,1H3,(H,25,26)(H,27,28,29)/t24-/m0/s1. The number of rotatable bonds is 7. The molecule has 0 bridgehead atoms. The van der Waals surface area contributed by atoms with Gasteiger partial charge in [-0.15, -0.1) is 0 Å². The van der Waals surface area contributed by atoms with Crippen LogP contribution < -0.4 is 4.74 Å². The van der Waals surface area contributed by atoms with Crippen molar-refractivity contribution in [3.63, 3.8) is 0 Å². The lowest BCUT2D eigenvalue weighted by molar-refractivity contribution is 0.0971. The highest BCUT2D eigenvalue weighted by Gasteiger charge is 2.35. The first-order valence-corrected chi connectivity index (χ1v) is 11.5. The van der Waals surface area contributed by atoms with Crippen LogP contribution in [0.4, 0.5) is 0 Å². The van der Waals surface area contributed by atoms with Gasteiger partial charge >= 0.3 is 0 Å². The number of thioether (sulfide) groups is 1. The molecule has 1 aliphatic carbocycles. The third-order valence-electron chi connectivity index (χ3n) is 5.85. The van der Waals surface area contributed by atoms with Gasteiger partial charge < -0.3 is 9.72 Å². The molecule has 0 amide bonds. The van der Waals surface area contributed by atoms with E-state index in [0.29, 0.717) is 18.0 Å². The van der Waals surface area contributed by atoms with Crippen molar-refractivity contribution < 1.29 is 9.53 Å². The fourth-order valence-corrected chi connectivity index (χ4v) is 5.02. The fourth-order valence-electron chi connectivity index (χ4n) is 4.18. The van der Waals surface area contributed by atoms with Crippen LogP contribution in [0.3, 0.4) is 0 Å². The zero-order valence-corrected chi connectivity index (χ0v) is 18.5. The number of Topliss-reactive ketones (excluding diaryl/α,β-unsaturated/α-hetero) is 1. The van der Waals surface area contributed by atoms with Crippen LogP contribution in [0, 0.1) is 0 Å². The molecule has 0 saturated heterocycles. The highest BCUT2D eigenvalue weighted by Crippen LogP contribution is 2.40. The Morgan fingerprint density at radius 1 is 1.12 bits per heavy atom. The third kappa shape index (κ3) is 3.82. The number of aromatic amines is 2. The summed E-state index contributed by atoms with van der Waals surface area (Å²) in [6.07, 6.45) is 7.32. The van der Waals surface area contributed by atoms with Crippen molar-refractivity contribution in [3.8, 4) is 5.75 Å². The van der Waals surface area contributed by atoms with Crippen molar-refractivity contribution in [1.82, 2.24) is 25.1 Å². The quantitative estimate of drug-likeness (QED) is 0.401. The van der Waals surface area contributed by atoms with Gasteiger partial charge in [-0.2, -0.15) is 5.10 Å². The van der Waals surface area contributed by atoms with Crippen LogP contribution in [0.25, 0.3) is 0 Å². The van der Waals surface area contributed by atoms with Gasteiger partial charge in [-0.05, 0) is 37.5 Å². The van der Waals surface area contributed by atoms with Crippen LogP contribution in [-0.4, -0.2) is 30.9 Å². The summed E-state index contributed by atoms with van der Waals surface area (Å²) in [5.41, 5.74) is 3.05. The number of imidazole rings is 1. The summed E-state index contributed by atoms with van der Waals surface area (Å²) in [6, 6.07) is 13.9. The molecule has 1 atom stereocenters. The Morgan fingerprint density at radius 2 is 2.00 bits per heavy atom. The highest BCUT2D eigenvalue weighted by atomic mass is 32.2. The zero-order chi connectivity index (χ0) is 22.0. The van der Waals surface area contributed by atoms with Gasteiger partial charge in [-0.25, -0.2) is 9.97 Å². The molecule has 32 heavy (non-hydrogen) atoms.